The van der Waals surface area contributed by atoms with Crippen molar-refractivity contribution in [2.75, 3.05) is 11.9 Å². The second kappa shape index (κ2) is 6.16. The summed E-state index contributed by atoms with van der Waals surface area (Å²) in [5, 5.41) is 14.8. The fourth-order valence-corrected chi connectivity index (χ4v) is 2.41. The van der Waals surface area contributed by atoms with E-state index in [2.05, 4.69) is 32.3 Å². The number of aliphatic hydroxyl groups excluding tert-OH is 1. The van der Waals surface area contributed by atoms with Crippen LogP contribution in [-0.2, 0) is 0 Å². The molecule has 0 radical (unpaired) electrons. The molecule has 4 heteroatoms. The van der Waals surface area contributed by atoms with Crippen LogP contribution in [0.4, 0.5) is 5.82 Å². The molecule has 1 aromatic heterocycles. The molecule has 0 saturated heterocycles. The average molecular weight is 309 g/mol. The normalized spacial score (nSPS) is 12.6. The minimum Gasteiger partial charge on any atom is -0.393 e. The summed E-state index contributed by atoms with van der Waals surface area (Å²) < 4.78 is 1.08. The number of hydrogen-bond acceptors (Lipinski definition) is 3. The number of aromatic nitrogens is 1. The predicted octanol–water partition coefficient (Wildman–Crippen LogP) is 3.57. The number of fused-ring (bicyclic) bond motifs is 1. The summed E-state index contributed by atoms with van der Waals surface area (Å²) in [7, 11) is 0. The molecule has 1 unspecified atom stereocenters. The van der Waals surface area contributed by atoms with Crippen molar-refractivity contribution in [3.8, 4) is 0 Å². The number of nitrogens with one attached hydrogen (secondary N) is 1. The largest absolute Gasteiger partial charge is 0.393 e. The van der Waals surface area contributed by atoms with Gasteiger partial charge in [-0.1, -0.05) is 28.1 Å². The highest BCUT2D eigenvalue weighted by Gasteiger charge is 2.04. The highest BCUT2D eigenvalue weighted by Crippen LogP contribution is 2.27. The second-order valence-corrected chi connectivity index (χ2v) is 5.27. The van der Waals surface area contributed by atoms with Crippen LogP contribution in [0.25, 0.3) is 10.8 Å². The lowest BCUT2D eigenvalue weighted by atomic mass is 10.1. The molecular formula is C14H17BrN2O. The van der Waals surface area contributed by atoms with Gasteiger partial charge in [-0.2, -0.15) is 0 Å². The van der Waals surface area contributed by atoms with Gasteiger partial charge < -0.3 is 10.4 Å². The maximum atomic E-state index is 9.21. The Labute approximate surface area is 115 Å². The van der Waals surface area contributed by atoms with Gasteiger partial charge in [-0.05, 0) is 31.9 Å². The molecule has 1 heterocycles. The Bertz CT molecular complexity index is 528. The van der Waals surface area contributed by atoms with Crippen molar-refractivity contribution in [3.63, 3.8) is 0 Å². The molecule has 1 atom stereocenters. The number of anilines is 1. The first-order chi connectivity index (χ1) is 8.68. The van der Waals surface area contributed by atoms with Crippen LogP contribution in [-0.4, -0.2) is 22.7 Å². The van der Waals surface area contributed by atoms with Crippen LogP contribution in [0, 0.1) is 0 Å². The van der Waals surface area contributed by atoms with Crippen LogP contribution in [0.15, 0.2) is 34.9 Å². The summed E-state index contributed by atoms with van der Waals surface area (Å²) in [4.78, 5) is 4.37. The standard InChI is InChI=1S/C14H17BrN2O/c1-10(18)4-3-8-16-14-12-5-2-6-13(15)11(12)7-9-17-14/h2,5-7,9-10,18H,3-4,8H2,1H3,(H,16,17). The third-order valence-electron chi connectivity index (χ3n) is 2.84. The third-order valence-corrected chi connectivity index (χ3v) is 3.54. The van der Waals surface area contributed by atoms with E-state index in [1.807, 2.05) is 31.3 Å². The Morgan fingerprint density at radius 3 is 2.94 bits per heavy atom. The summed E-state index contributed by atoms with van der Waals surface area (Å²) in [5.41, 5.74) is 0. The zero-order valence-corrected chi connectivity index (χ0v) is 11.9. The number of nitrogens with zero attached hydrogens (tertiary/aromatic N) is 1. The highest BCUT2D eigenvalue weighted by molar-refractivity contribution is 9.10. The molecule has 0 aliphatic rings. The molecule has 1 aromatic carbocycles. The molecule has 2 aromatic rings. The third kappa shape index (κ3) is 3.21. The van der Waals surface area contributed by atoms with Crippen molar-refractivity contribution < 1.29 is 5.11 Å². The molecule has 0 aliphatic carbocycles. The van der Waals surface area contributed by atoms with E-state index < -0.39 is 0 Å². The zero-order valence-electron chi connectivity index (χ0n) is 10.4. The molecule has 0 amide bonds. The van der Waals surface area contributed by atoms with E-state index in [-0.39, 0.29) is 6.10 Å². The van der Waals surface area contributed by atoms with Gasteiger partial charge in [0.05, 0.1) is 6.10 Å². The first kappa shape index (κ1) is 13.3. The smallest absolute Gasteiger partial charge is 0.133 e. The molecule has 0 aliphatic heterocycles. The van der Waals surface area contributed by atoms with Gasteiger partial charge in [-0.3, -0.25) is 0 Å². The summed E-state index contributed by atoms with van der Waals surface area (Å²) >= 11 is 3.54. The molecule has 2 N–H and O–H groups in total. The van der Waals surface area contributed by atoms with Crippen LogP contribution in [0.1, 0.15) is 19.8 Å². The van der Waals surface area contributed by atoms with Crippen LogP contribution in [0.5, 0.6) is 0 Å². The van der Waals surface area contributed by atoms with Gasteiger partial charge in [0.25, 0.3) is 0 Å². The Morgan fingerprint density at radius 1 is 1.33 bits per heavy atom. The lowest BCUT2D eigenvalue weighted by Crippen LogP contribution is -2.07. The van der Waals surface area contributed by atoms with Crippen molar-refractivity contribution in [3.05, 3.63) is 34.9 Å². The second-order valence-electron chi connectivity index (χ2n) is 4.41. The van der Waals surface area contributed by atoms with Gasteiger partial charge in [0.2, 0.25) is 0 Å². The molecule has 2 rings (SSSR count). The fourth-order valence-electron chi connectivity index (χ4n) is 1.91. The SMILES string of the molecule is CC(O)CCCNc1nccc2c(Br)cccc12. The lowest BCUT2D eigenvalue weighted by molar-refractivity contribution is 0.183. The van der Waals surface area contributed by atoms with E-state index in [1.165, 1.54) is 0 Å². The van der Waals surface area contributed by atoms with Crippen LogP contribution >= 0.6 is 15.9 Å². The van der Waals surface area contributed by atoms with Gasteiger partial charge in [0.15, 0.2) is 0 Å². The number of benzene rings is 1. The summed E-state index contributed by atoms with van der Waals surface area (Å²) in [6, 6.07) is 8.10. The van der Waals surface area contributed by atoms with Gasteiger partial charge in [-0.15, -0.1) is 0 Å². The lowest BCUT2D eigenvalue weighted by Gasteiger charge is -2.10. The average Bonchev–Trinajstić information content (AvgIpc) is 2.35. The van der Waals surface area contributed by atoms with E-state index in [9.17, 15) is 5.11 Å². The molecule has 0 spiro atoms. The van der Waals surface area contributed by atoms with E-state index in [0.29, 0.717) is 0 Å². The van der Waals surface area contributed by atoms with Crippen LogP contribution in [0.3, 0.4) is 0 Å². The number of hydrogen-bond donors (Lipinski definition) is 2. The Morgan fingerprint density at radius 2 is 2.17 bits per heavy atom. The molecule has 18 heavy (non-hydrogen) atoms. The van der Waals surface area contributed by atoms with Gasteiger partial charge in [0.1, 0.15) is 5.82 Å². The minimum absolute atomic E-state index is 0.235. The maximum absolute atomic E-state index is 9.21. The van der Waals surface area contributed by atoms with Gasteiger partial charge in [-0.25, -0.2) is 4.98 Å². The number of pyridine rings is 1. The van der Waals surface area contributed by atoms with E-state index in [4.69, 9.17) is 0 Å². The monoisotopic (exact) mass is 308 g/mol. The molecule has 3 nitrogen and oxygen atoms in total. The van der Waals surface area contributed by atoms with E-state index in [1.54, 1.807) is 0 Å². The fraction of sp³-hybridized carbons (Fsp3) is 0.357. The number of rotatable bonds is 5. The number of aliphatic hydroxyl groups is 1. The zero-order chi connectivity index (χ0) is 13.0. The van der Waals surface area contributed by atoms with Crippen molar-refractivity contribution in [2.24, 2.45) is 0 Å². The summed E-state index contributed by atoms with van der Waals surface area (Å²) in [5.74, 6) is 0.902. The maximum Gasteiger partial charge on any atom is 0.133 e. The van der Waals surface area contributed by atoms with Crippen molar-refractivity contribution in [2.45, 2.75) is 25.9 Å². The Kier molecular flexibility index (Phi) is 4.55. The molecule has 0 fully saturated rings. The van der Waals surface area contributed by atoms with Gasteiger partial charge >= 0.3 is 0 Å². The Balaban J connectivity index is 2.11. The van der Waals surface area contributed by atoms with Gasteiger partial charge in [0, 0.05) is 28.0 Å². The molecule has 0 bridgehead atoms. The van der Waals surface area contributed by atoms with E-state index in [0.717, 1.165) is 40.4 Å². The first-order valence-electron chi connectivity index (χ1n) is 6.13. The molecular weight excluding hydrogens is 292 g/mol. The van der Waals surface area contributed by atoms with E-state index >= 15 is 0 Å². The summed E-state index contributed by atoms with van der Waals surface area (Å²) in [6.45, 7) is 2.64. The van der Waals surface area contributed by atoms with Crippen LogP contribution in [0.2, 0.25) is 0 Å². The van der Waals surface area contributed by atoms with Crippen LogP contribution < -0.4 is 5.32 Å². The Hall–Kier alpha value is -1.13. The quantitative estimate of drug-likeness (QED) is 0.830. The molecule has 0 saturated carbocycles. The van der Waals surface area contributed by atoms with Crippen molar-refractivity contribution in [1.29, 1.82) is 0 Å². The number of halogens is 1. The first-order valence-corrected chi connectivity index (χ1v) is 6.93. The summed E-state index contributed by atoms with van der Waals surface area (Å²) in [6.07, 6.45) is 3.32. The topological polar surface area (TPSA) is 45.1 Å². The minimum atomic E-state index is -0.235. The highest BCUT2D eigenvalue weighted by atomic mass is 79.9. The molecule has 96 valence electrons. The van der Waals surface area contributed by atoms with Crippen molar-refractivity contribution in [1.82, 2.24) is 4.98 Å². The van der Waals surface area contributed by atoms with Crippen molar-refractivity contribution >= 4 is 32.5 Å². The predicted molar refractivity (Wildman–Crippen MR) is 78.8 cm³/mol.